The number of hydrogen-bond acceptors (Lipinski definition) is 0. The monoisotopic (exact) mass is 387 g/mol. The Hall–Kier alpha value is -2.15. The standard InChI is InChI=1S/C28H36N/c1-6-21-16-22(7-2)20(4)27(17-21)28-26-14-13-24(23-11-9-8-10-12-23)18-25(26)15-19(3)29(28)5/h13-18,23H,6-12H2,1-5H3/q+1/i15D. The lowest BCUT2D eigenvalue weighted by molar-refractivity contribution is -0.665. The van der Waals surface area contributed by atoms with Gasteiger partial charge in [0.25, 0.3) is 0 Å². The van der Waals surface area contributed by atoms with Gasteiger partial charge in [-0.2, -0.15) is 4.57 Å². The summed E-state index contributed by atoms with van der Waals surface area (Å²) in [5, 5.41) is 2.33. The van der Waals surface area contributed by atoms with E-state index in [4.69, 9.17) is 1.37 Å². The quantitative estimate of drug-likeness (QED) is 0.420. The number of benzene rings is 2. The molecule has 1 fully saturated rings. The summed E-state index contributed by atoms with van der Waals surface area (Å²) in [5.74, 6) is 0.664. The Bertz CT molecular complexity index is 1090. The number of hydrogen-bond donors (Lipinski definition) is 0. The van der Waals surface area contributed by atoms with Crippen molar-refractivity contribution in [2.45, 2.75) is 78.6 Å². The molecule has 29 heavy (non-hydrogen) atoms. The van der Waals surface area contributed by atoms with Crippen molar-refractivity contribution in [1.82, 2.24) is 0 Å². The molecule has 0 amide bonds. The van der Waals surface area contributed by atoms with Crippen molar-refractivity contribution in [3.8, 4) is 11.3 Å². The number of aryl methyl sites for hydroxylation is 2. The van der Waals surface area contributed by atoms with Crippen molar-refractivity contribution >= 4 is 10.8 Å². The molecule has 1 heteroatoms. The van der Waals surface area contributed by atoms with E-state index in [1.165, 1.54) is 71.0 Å². The van der Waals surface area contributed by atoms with Crippen LogP contribution < -0.4 is 4.57 Å². The maximum Gasteiger partial charge on any atom is 0.220 e. The second-order valence-corrected chi connectivity index (χ2v) is 8.89. The van der Waals surface area contributed by atoms with Gasteiger partial charge in [-0.25, -0.2) is 0 Å². The highest BCUT2D eigenvalue weighted by Crippen LogP contribution is 2.36. The lowest BCUT2D eigenvalue weighted by Gasteiger charge is -2.22. The zero-order valence-electron chi connectivity index (χ0n) is 19.9. The molecular formula is C28H36N+. The molecule has 0 spiro atoms. The average Bonchev–Trinajstić information content (AvgIpc) is 2.79. The van der Waals surface area contributed by atoms with E-state index in [0.29, 0.717) is 12.0 Å². The normalized spacial score (nSPS) is 15.7. The zero-order chi connectivity index (χ0) is 21.4. The number of nitrogens with zero attached hydrogens (tertiary/aromatic N) is 1. The molecule has 4 rings (SSSR count). The van der Waals surface area contributed by atoms with Crippen LogP contribution in [0.25, 0.3) is 22.0 Å². The van der Waals surface area contributed by atoms with Crippen LogP contribution in [0.3, 0.4) is 0 Å². The van der Waals surface area contributed by atoms with Crippen LogP contribution in [-0.2, 0) is 19.9 Å². The number of aromatic nitrogens is 1. The molecule has 0 radical (unpaired) electrons. The van der Waals surface area contributed by atoms with Crippen LogP contribution in [0, 0.1) is 13.8 Å². The van der Waals surface area contributed by atoms with E-state index in [-0.39, 0.29) is 0 Å². The maximum atomic E-state index is 8.89. The van der Waals surface area contributed by atoms with E-state index in [1.807, 2.05) is 0 Å². The highest BCUT2D eigenvalue weighted by Gasteiger charge is 2.23. The lowest BCUT2D eigenvalue weighted by atomic mass is 9.83. The van der Waals surface area contributed by atoms with Gasteiger partial charge in [0.1, 0.15) is 7.05 Å². The highest BCUT2D eigenvalue weighted by molar-refractivity contribution is 5.94. The fourth-order valence-corrected chi connectivity index (χ4v) is 5.17. The average molecular weight is 388 g/mol. The second kappa shape index (κ2) is 8.30. The third-order valence-corrected chi connectivity index (χ3v) is 7.15. The molecule has 1 aliphatic carbocycles. The van der Waals surface area contributed by atoms with Gasteiger partial charge in [0, 0.05) is 13.0 Å². The molecule has 0 aliphatic heterocycles. The Morgan fingerprint density at radius 2 is 1.76 bits per heavy atom. The van der Waals surface area contributed by atoms with Crippen molar-refractivity contribution in [1.29, 1.82) is 0 Å². The summed E-state index contributed by atoms with van der Waals surface area (Å²) >= 11 is 0. The topological polar surface area (TPSA) is 3.88 Å². The summed E-state index contributed by atoms with van der Waals surface area (Å²) in [6.07, 6.45) is 8.74. The first kappa shape index (κ1) is 18.9. The van der Waals surface area contributed by atoms with Crippen LogP contribution >= 0.6 is 0 Å². The predicted octanol–water partition coefficient (Wildman–Crippen LogP) is 7.12. The van der Waals surface area contributed by atoms with E-state index in [9.17, 15) is 0 Å². The largest absolute Gasteiger partial charge is 0.220 e. The summed E-state index contributed by atoms with van der Waals surface area (Å²) in [5.41, 5.74) is 9.26. The van der Waals surface area contributed by atoms with E-state index in [1.54, 1.807) is 0 Å². The van der Waals surface area contributed by atoms with Crippen LogP contribution in [0.5, 0.6) is 0 Å². The number of fused-ring (bicyclic) bond motifs is 1. The summed E-state index contributed by atoms with van der Waals surface area (Å²) < 4.78 is 11.1. The first-order valence-corrected chi connectivity index (χ1v) is 11.5. The maximum absolute atomic E-state index is 8.89. The second-order valence-electron chi connectivity index (χ2n) is 8.89. The fourth-order valence-electron chi connectivity index (χ4n) is 5.17. The lowest BCUT2D eigenvalue weighted by Crippen LogP contribution is -2.35. The zero-order valence-corrected chi connectivity index (χ0v) is 18.9. The predicted molar refractivity (Wildman–Crippen MR) is 125 cm³/mol. The minimum atomic E-state index is 0.664. The molecule has 0 unspecified atom stereocenters. The molecule has 0 N–H and O–H groups in total. The Morgan fingerprint density at radius 1 is 1.00 bits per heavy atom. The van der Waals surface area contributed by atoms with Crippen molar-refractivity contribution in [3.05, 3.63) is 64.3 Å². The van der Waals surface area contributed by atoms with E-state index in [2.05, 4.69) is 69.6 Å². The summed E-state index contributed by atoms with van der Waals surface area (Å²) in [7, 11) is 2.13. The molecule has 1 aliphatic rings. The molecule has 3 aromatic rings. The van der Waals surface area contributed by atoms with Gasteiger partial charge in [-0.1, -0.05) is 51.3 Å². The van der Waals surface area contributed by atoms with Crippen molar-refractivity contribution < 1.29 is 5.94 Å². The fraction of sp³-hybridized carbons (Fsp3) is 0.464. The van der Waals surface area contributed by atoms with E-state index < -0.39 is 0 Å². The first-order valence-electron chi connectivity index (χ1n) is 12.0. The highest BCUT2D eigenvalue weighted by atomic mass is 14.9. The molecule has 0 atom stereocenters. The van der Waals surface area contributed by atoms with Crippen LogP contribution in [0.2, 0.25) is 0 Å². The molecule has 1 heterocycles. The summed E-state index contributed by atoms with van der Waals surface area (Å²) in [6, 6.07) is 12.4. The molecule has 2 aromatic carbocycles. The van der Waals surface area contributed by atoms with Gasteiger partial charge in [-0.15, -0.1) is 0 Å². The third kappa shape index (κ3) is 3.72. The van der Waals surface area contributed by atoms with Crippen LogP contribution in [0.4, 0.5) is 0 Å². The van der Waals surface area contributed by atoms with Gasteiger partial charge < -0.3 is 0 Å². The minimum absolute atomic E-state index is 0.664. The minimum Gasteiger partial charge on any atom is -0.198 e. The summed E-state index contributed by atoms with van der Waals surface area (Å²) in [4.78, 5) is 0. The van der Waals surface area contributed by atoms with Crippen LogP contribution in [0.1, 0.15) is 81.2 Å². The van der Waals surface area contributed by atoms with Gasteiger partial charge >= 0.3 is 0 Å². The Balaban J connectivity index is 1.99. The smallest absolute Gasteiger partial charge is 0.198 e. The van der Waals surface area contributed by atoms with Crippen LogP contribution in [-0.4, -0.2) is 0 Å². The Morgan fingerprint density at radius 3 is 2.45 bits per heavy atom. The molecule has 0 saturated heterocycles. The van der Waals surface area contributed by atoms with Gasteiger partial charge in [0.2, 0.25) is 5.69 Å². The SMILES string of the molecule is [2H]c1c(C)[n+](C)c(-c2cc(CC)cc(CC)c2C)c2ccc(C3CCCCC3)cc12. The van der Waals surface area contributed by atoms with Crippen molar-refractivity contribution in [3.63, 3.8) is 0 Å². The van der Waals surface area contributed by atoms with Crippen molar-refractivity contribution in [2.75, 3.05) is 0 Å². The van der Waals surface area contributed by atoms with Crippen molar-refractivity contribution in [2.24, 2.45) is 7.05 Å². The number of pyridine rings is 1. The molecule has 1 nitrogen and oxygen atoms in total. The first-order chi connectivity index (χ1) is 14.5. The van der Waals surface area contributed by atoms with Gasteiger partial charge in [0.05, 0.1) is 12.3 Å². The third-order valence-electron chi connectivity index (χ3n) is 7.15. The molecule has 1 saturated carbocycles. The van der Waals surface area contributed by atoms with Gasteiger partial charge in [-0.05, 0) is 78.3 Å². The van der Waals surface area contributed by atoms with Crippen LogP contribution in [0.15, 0.2) is 36.4 Å². The van der Waals surface area contributed by atoms with E-state index >= 15 is 0 Å². The summed E-state index contributed by atoms with van der Waals surface area (Å²) in [6.45, 7) is 8.84. The Kier molecular flexibility index (Phi) is 5.40. The molecule has 152 valence electrons. The molecule has 0 bridgehead atoms. The van der Waals surface area contributed by atoms with E-state index in [0.717, 1.165) is 23.9 Å². The molecular weight excluding hydrogens is 350 g/mol. The number of rotatable bonds is 4. The van der Waals surface area contributed by atoms with Gasteiger partial charge in [0.15, 0.2) is 5.69 Å². The molecule has 1 aromatic heterocycles. The Labute approximate surface area is 178 Å². The van der Waals surface area contributed by atoms with Gasteiger partial charge in [-0.3, -0.25) is 0 Å².